The fraction of sp³-hybridized carbons (Fsp3) is 0. The molecule has 66 valence electrons. The van der Waals surface area contributed by atoms with Crippen LogP contribution in [0.25, 0.3) is 10.4 Å². The van der Waals surface area contributed by atoms with E-state index in [4.69, 9.17) is 0 Å². The van der Waals surface area contributed by atoms with Crippen LogP contribution in [0.4, 0.5) is 8.78 Å². The van der Waals surface area contributed by atoms with Gasteiger partial charge in [-0.05, 0) is 23.6 Å². The maximum absolute atomic E-state index is 13.2. The molecule has 0 amide bonds. The molecule has 0 aliphatic heterocycles. The van der Waals surface area contributed by atoms with Crippen molar-refractivity contribution < 1.29 is 8.78 Å². The van der Waals surface area contributed by atoms with E-state index in [0.717, 1.165) is 10.9 Å². The molecule has 0 N–H and O–H groups in total. The van der Waals surface area contributed by atoms with Crippen LogP contribution in [0.5, 0.6) is 0 Å². The zero-order valence-corrected chi connectivity index (χ0v) is 7.44. The molecule has 0 spiro atoms. The van der Waals surface area contributed by atoms with Gasteiger partial charge in [0.1, 0.15) is 11.6 Å². The molecule has 0 fully saturated rings. The van der Waals surface area contributed by atoms with Crippen LogP contribution in [-0.2, 0) is 0 Å². The first kappa shape index (κ1) is 8.38. The Morgan fingerprint density at radius 1 is 1.08 bits per heavy atom. The first-order chi connectivity index (χ1) is 6.27. The second kappa shape index (κ2) is 3.26. The molecule has 0 unspecified atom stereocenters. The molecule has 0 aliphatic rings. The van der Waals surface area contributed by atoms with E-state index >= 15 is 0 Å². The molecule has 0 saturated heterocycles. The number of halogens is 2. The highest BCUT2D eigenvalue weighted by atomic mass is 32.1. The van der Waals surface area contributed by atoms with E-state index in [0.29, 0.717) is 5.56 Å². The average Bonchev–Trinajstić information content (AvgIpc) is 2.56. The van der Waals surface area contributed by atoms with Gasteiger partial charge in [-0.1, -0.05) is 6.07 Å². The Hall–Kier alpha value is -1.22. The number of rotatable bonds is 1. The molecule has 0 bridgehead atoms. The van der Waals surface area contributed by atoms with E-state index in [2.05, 4.69) is 0 Å². The second-order valence-electron chi connectivity index (χ2n) is 2.60. The van der Waals surface area contributed by atoms with Crippen molar-refractivity contribution in [1.29, 1.82) is 0 Å². The standard InChI is InChI=1S/C10H6F2S/c11-7-3-4-8(9(12)6-7)10-2-1-5-13-10/h1-6H. The Bertz CT molecular complexity index is 407. The smallest absolute Gasteiger partial charge is 0.134 e. The van der Waals surface area contributed by atoms with Gasteiger partial charge in [0.05, 0.1) is 0 Å². The van der Waals surface area contributed by atoms with Crippen molar-refractivity contribution in [2.45, 2.75) is 0 Å². The molecule has 3 heteroatoms. The maximum atomic E-state index is 13.2. The highest BCUT2D eigenvalue weighted by molar-refractivity contribution is 7.13. The van der Waals surface area contributed by atoms with Crippen molar-refractivity contribution in [3.63, 3.8) is 0 Å². The van der Waals surface area contributed by atoms with E-state index in [9.17, 15) is 8.78 Å². The Labute approximate surface area is 78.5 Å². The van der Waals surface area contributed by atoms with Crippen molar-refractivity contribution >= 4 is 11.3 Å². The Morgan fingerprint density at radius 3 is 2.54 bits per heavy atom. The Balaban J connectivity index is 2.53. The summed E-state index contributed by atoms with van der Waals surface area (Å²) in [5.74, 6) is -1.06. The minimum atomic E-state index is -0.544. The third-order valence-corrected chi connectivity index (χ3v) is 2.62. The van der Waals surface area contributed by atoms with Crippen LogP contribution in [-0.4, -0.2) is 0 Å². The first-order valence-corrected chi connectivity index (χ1v) is 4.64. The number of hydrogen-bond acceptors (Lipinski definition) is 1. The molecule has 13 heavy (non-hydrogen) atoms. The first-order valence-electron chi connectivity index (χ1n) is 3.76. The van der Waals surface area contributed by atoms with Crippen LogP contribution in [0.1, 0.15) is 0 Å². The van der Waals surface area contributed by atoms with Gasteiger partial charge in [-0.2, -0.15) is 0 Å². The molecule has 1 heterocycles. The zero-order valence-electron chi connectivity index (χ0n) is 6.63. The molecular weight excluding hydrogens is 190 g/mol. The molecule has 2 aromatic rings. The normalized spacial score (nSPS) is 10.3. The lowest BCUT2D eigenvalue weighted by Crippen LogP contribution is -1.82. The minimum absolute atomic E-state index is 0.455. The Morgan fingerprint density at radius 2 is 1.92 bits per heavy atom. The summed E-state index contributed by atoms with van der Waals surface area (Å²) in [4.78, 5) is 0.817. The summed E-state index contributed by atoms with van der Waals surface area (Å²) in [6.45, 7) is 0. The molecule has 0 radical (unpaired) electrons. The topological polar surface area (TPSA) is 0 Å². The molecule has 0 nitrogen and oxygen atoms in total. The lowest BCUT2D eigenvalue weighted by molar-refractivity contribution is 0.586. The van der Waals surface area contributed by atoms with Gasteiger partial charge in [0.25, 0.3) is 0 Å². The summed E-state index contributed by atoms with van der Waals surface area (Å²) in [6.07, 6.45) is 0. The van der Waals surface area contributed by atoms with Gasteiger partial charge in [0, 0.05) is 16.5 Å². The van der Waals surface area contributed by atoms with Crippen LogP contribution in [0, 0.1) is 11.6 Å². The minimum Gasteiger partial charge on any atom is -0.207 e. The summed E-state index contributed by atoms with van der Waals surface area (Å²) in [5.41, 5.74) is 0.455. The molecule has 0 aliphatic carbocycles. The molecule has 0 atom stereocenters. The van der Waals surface area contributed by atoms with Crippen LogP contribution in [0.3, 0.4) is 0 Å². The van der Waals surface area contributed by atoms with E-state index in [1.165, 1.54) is 23.5 Å². The third-order valence-electron chi connectivity index (χ3n) is 1.72. The number of benzene rings is 1. The zero-order chi connectivity index (χ0) is 9.26. The number of hydrogen-bond donors (Lipinski definition) is 0. The van der Waals surface area contributed by atoms with Gasteiger partial charge < -0.3 is 0 Å². The van der Waals surface area contributed by atoms with Crippen molar-refractivity contribution in [1.82, 2.24) is 0 Å². The summed E-state index contributed by atoms with van der Waals surface area (Å²) in [5, 5.41) is 1.86. The summed E-state index contributed by atoms with van der Waals surface area (Å²) in [6, 6.07) is 7.26. The van der Waals surface area contributed by atoms with Crippen molar-refractivity contribution in [3.8, 4) is 10.4 Å². The Kier molecular flexibility index (Phi) is 2.10. The molecule has 1 aromatic heterocycles. The van der Waals surface area contributed by atoms with Gasteiger partial charge in [-0.25, -0.2) is 8.78 Å². The maximum Gasteiger partial charge on any atom is 0.134 e. The fourth-order valence-electron chi connectivity index (χ4n) is 1.12. The van der Waals surface area contributed by atoms with Crippen molar-refractivity contribution in [2.75, 3.05) is 0 Å². The average molecular weight is 196 g/mol. The summed E-state index contributed by atoms with van der Waals surface area (Å²) in [7, 11) is 0. The van der Waals surface area contributed by atoms with Gasteiger partial charge >= 0.3 is 0 Å². The van der Waals surface area contributed by atoms with Crippen LogP contribution in [0.15, 0.2) is 35.7 Å². The summed E-state index contributed by atoms with van der Waals surface area (Å²) >= 11 is 1.43. The van der Waals surface area contributed by atoms with Gasteiger partial charge in [0.2, 0.25) is 0 Å². The molecule has 2 rings (SSSR count). The van der Waals surface area contributed by atoms with E-state index in [1.54, 1.807) is 6.07 Å². The lowest BCUT2D eigenvalue weighted by atomic mass is 10.2. The largest absolute Gasteiger partial charge is 0.207 e. The van der Waals surface area contributed by atoms with Crippen LogP contribution in [0.2, 0.25) is 0 Å². The quantitative estimate of drug-likeness (QED) is 0.652. The van der Waals surface area contributed by atoms with Gasteiger partial charge in [0.15, 0.2) is 0 Å². The van der Waals surface area contributed by atoms with Crippen LogP contribution < -0.4 is 0 Å². The van der Waals surface area contributed by atoms with E-state index in [-0.39, 0.29) is 0 Å². The van der Waals surface area contributed by atoms with E-state index < -0.39 is 11.6 Å². The predicted molar refractivity (Wildman–Crippen MR) is 49.7 cm³/mol. The van der Waals surface area contributed by atoms with Crippen LogP contribution >= 0.6 is 11.3 Å². The van der Waals surface area contributed by atoms with Crippen molar-refractivity contribution in [3.05, 3.63) is 47.3 Å². The predicted octanol–water partition coefficient (Wildman–Crippen LogP) is 3.69. The molecule has 1 aromatic carbocycles. The number of thiophene rings is 1. The van der Waals surface area contributed by atoms with Gasteiger partial charge in [-0.3, -0.25) is 0 Å². The highest BCUT2D eigenvalue weighted by Gasteiger charge is 2.06. The molecule has 0 saturated carbocycles. The summed E-state index contributed by atoms with van der Waals surface area (Å²) < 4.78 is 25.7. The second-order valence-corrected chi connectivity index (χ2v) is 3.55. The monoisotopic (exact) mass is 196 g/mol. The van der Waals surface area contributed by atoms with Gasteiger partial charge in [-0.15, -0.1) is 11.3 Å². The molecular formula is C10H6F2S. The third kappa shape index (κ3) is 1.60. The highest BCUT2D eigenvalue weighted by Crippen LogP contribution is 2.27. The lowest BCUT2D eigenvalue weighted by Gasteiger charge is -1.98. The van der Waals surface area contributed by atoms with E-state index in [1.807, 2.05) is 11.4 Å². The van der Waals surface area contributed by atoms with Crippen molar-refractivity contribution in [2.24, 2.45) is 0 Å². The fourth-order valence-corrected chi connectivity index (χ4v) is 1.87. The SMILES string of the molecule is Fc1ccc(-c2cccs2)c(F)c1.